The Morgan fingerprint density at radius 2 is 1.91 bits per heavy atom. The van der Waals surface area contributed by atoms with Gasteiger partial charge in [0.2, 0.25) is 0 Å². The molecule has 1 saturated carbocycles. The molecule has 1 aliphatic heterocycles. The van der Waals surface area contributed by atoms with Gasteiger partial charge in [-0.2, -0.15) is 5.06 Å². The Balaban J connectivity index is 1.61. The highest BCUT2D eigenvalue weighted by molar-refractivity contribution is 7.99. The number of nitrogens with zero attached hydrogens (tertiary/aromatic N) is 2. The van der Waals surface area contributed by atoms with Crippen LogP contribution in [-0.4, -0.2) is 23.3 Å². The van der Waals surface area contributed by atoms with Crippen LogP contribution in [0, 0.1) is 0 Å². The van der Waals surface area contributed by atoms with Gasteiger partial charge >= 0.3 is 0 Å². The van der Waals surface area contributed by atoms with Crippen LogP contribution in [0.5, 0.6) is 0 Å². The number of halogens is 1. The van der Waals surface area contributed by atoms with Crippen molar-refractivity contribution < 1.29 is 9.63 Å². The number of carbonyl (C=O) groups is 1. The molecule has 0 atom stereocenters. The van der Waals surface area contributed by atoms with E-state index < -0.39 is 0 Å². The minimum atomic E-state index is -0.270. The Hall–Kier alpha value is -2.86. The number of carbonyl (C=O) groups excluding carboxylic acids is 1. The van der Waals surface area contributed by atoms with Gasteiger partial charge in [-0.05, 0) is 68.5 Å². The smallest absolute Gasteiger partial charge is 0.266 e. The molecule has 178 valence electrons. The topological polar surface area (TPSA) is 41.9 Å². The summed E-state index contributed by atoms with van der Waals surface area (Å²) in [4.78, 5) is 25.9. The van der Waals surface area contributed by atoms with Crippen molar-refractivity contribution in [3.63, 3.8) is 0 Å². The molecule has 0 spiro atoms. The summed E-state index contributed by atoms with van der Waals surface area (Å²) in [5, 5.41) is 1.94. The first-order valence-corrected chi connectivity index (χ1v) is 13.1. The van der Waals surface area contributed by atoms with Crippen LogP contribution in [0.15, 0.2) is 87.7 Å². The van der Waals surface area contributed by atoms with Crippen molar-refractivity contribution in [2.24, 2.45) is 4.99 Å². The molecule has 6 heteroatoms. The summed E-state index contributed by atoms with van der Waals surface area (Å²) >= 11 is 8.50. The van der Waals surface area contributed by atoms with Crippen LogP contribution in [-0.2, 0) is 4.84 Å². The summed E-state index contributed by atoms with van der Waals surface area (Å²) in [5.74, 6) is 0.338. The second-order valence-electron chi connectivity index (χ2n) is 8.86. The van der Waals surface area contributed by atoms with Crippen molar-refractivity contribution in [3.8, 4) is 0 Å². The van der Waals surface area contributed by atoms with Gasteiger partial charge in [-0.1, -0.05) is 66.7 Å². The van der Waals surface area contributed by atoms with Crippen LogP contribution >= 0.6 is 23.4 Å². The van der Waals surface area contributed by atoms with Gasteiger partial charge in [0.25, 0.3) is 5.91 Å². The fourth-order valence-corrected chi connectivity index (χ4v) is 5.67. The molecule has 0 radical (unpaired) electrons. The molecule has 3 aromatic carbocycles. The number of amides is 1. The molecule has 1 aliphatic carbocycles. The van der Waals surface area contributed by atoms with Crippen LogP contribution in [0.3, 0.4) is 0 Å². The van der Waals surface area contributed by atoms with Gasteiger partial charge in [-0.15, -0.1) is 0 Å². The van der Waals surface area contributed by atoms with Crippen LogP contribution in [0.2, 0.25) is 5.02 Å². The zero-order chi connectivity index (χ0) is 24.5. The molecule has 4 nitrogen and oxygen atoms in total. The summed E-state index contributed by atoms with van der Waals surface area (Å²) < 4.78 is 0. The fourth-order valence-electron chi connectivity index (χ4n) is 4.39. The highest BCUT2D eigenvalue weighted by Crippen LogP contribution is 2.43. The Morgan fingerprint density at radius 1 is 1.11 bits per heavy atom. The molecule has 0 saturated heterocycles. The zero-order valence-corrected chi connectivity index (χ0v) is 21.5. The SMILES string of the molecule is C=C(C)N(OCC)C(=O)c1ccc2c(c1)N=C(c1ccc(C3CCC3)cc1Cl)c1ccccc1S2. The predicted octanol–water partition coefficient (Wildman–Crippen LogP) is 8.17. The zero-order valence-electron chi connectivity index (χ0n) is 19.9. The Morgan fingerprint density at radius 3 is 2.60 bits per heavy atom. The van der Waals surface area contributed by atoms with Crippen molar-refractivity contribution in [3.05, 3.63) is 100 Å². The third kappa shape index (κ3) is 4.68. The minimum absolute atomic E-state index is 0.270. The maximum Gasteiger partial charge on any atom is 0.281 e. The third-order valence-corrected chi connectivity index (χ3v) is 7.87. The predicted molar refractivity (Wildman–Crippen MR) is 143 cm³/mol. The Labute approximate surface area is 215 Å². The molecule has 1 amide bonds. The second kappa shape index (κ2) is 10.0. The van der Waals surface area contributed by atoms with Gasteiger partial charge < -0.3 is 0 Å². The lowest BCUT2D eigenvalue weighted by Crippen LogP contribution is -2.29. The van der Waals surface area contributed by atoms with E-state index in [0.717, 1.165) is 32.3 Å². The molecule has 0 aromatic heterocycles. The molecular formula is C29H27ClN2O2S. The average molecular weight is 503 g/mol. The van der Waals surface area contributed by atoms with Crippen LogP contribution in [0.1, 0.15) is 66.1 Å². The number of rotatable bonds is 6. The lowest BCUT2D eigenvalue weighted by atomic mass is 9.80. The van der Waals surface area contributed by atoms with E-state index in [1.54, 1.807) is 18.7 Å². The number of fused-ring (bicyclic) bond motifs is 2. The molecule has 2 aliphatic rings. The first-order chi connectivity index (χ1) is 17.0. The van der Waals surface area contributed by atoms with E-state index in [-0.39, 0.29) is 5.91 Å². The van der Waals surface area contributed by atoms with Gasteiger partial charge in [-0.25, -0.2) is 4.99 Å². The number of benzene rings is 3. The van der Waals surface area contributed by atoms with Gasteiger partial charge in [-0.3, -0.25) is 9.63 Å². The van der Waals surface area contributed by atoms with E-state index in [9.17, 15) is 4.79 Å². The van der Waals surface area contributed by atoms with Gasteiger partial charge in [0.05, 0.1) is 23.0 Å². The standard InChI is InChI=1S/C29H27ClN2O2S/c1-4-34-32(18(2)3)29(33)21-13-15-27-25(17-21)31-28(23-10-5-6-11-26(23)35-27)22-14-12-20(16-24(22)30)19-8-7-9-19/h5-6,10-17,19H,2,4,7-9H2,1,3H3. The van der Waals surface area contributed by atoms with E-state index >= 15 is 0 Å². The average Bonchev–Trinajstić information content (AvgIpc) is 2.97. The van der Waals surface area contributed by atoms with Gasteiger partial charge in [0, 0.05) is 32.2 Å². The van der Waals surface area contributed by atoms with E-state index in [4.69, 9.17) is 21.4 Å². The first kappa shape index (κ1) is 23.9. The number of aliphatic imine (C=N–C) groups is 1. The van der Waals surface area contributed by atoms with Crippen LogP contribution in [0.4, 0.5) is 5.69 Å². The Bertz CT molecular complexity index is 1350. The van der Waals surface area contributed by atoms with Crippen molar-refractivity contribution in [1.82, 2.24) is 5.06 Å². The summed E-state index contributed by atoms with van der Waals surface area (Å²) in [5.41, 5.74) is 5.76. The van der Waals surface area contributed by atoms with Crippen molar-refractivity contribution in [1.29, 1.82) is 0 Å². The minimum Gasteiger partial charge on any atom is -0.266 e. The van der Waals surface area contributed by atoms with E-state index in [0.29, 0.717) is 28.8 Å². The summed E-state index contributed by atoms with van der Waals surface area (Å²) in [7, 11) is 0. The molecule has 0 N–H and O–H groups in total. The lowest BCUT2D eigenvalue weighted by Gasteiger charge is -2.26. The van der Waals surface area contributed by atoms with Crippen molar-refractivity contribution in [2.75, 3.05) is 6.61 Å². The quantitative estimate of drug-likeness (QED) is 0.250. The third-order valence-electron chi connectivity index (χ3n) is 6.41. The summed E-state index contributed by atoms with van der Waals surface area (Å²) in [6, 6.07) is 20.2. The fraction of sp³-hybridized carbons (Fsp3) is 0.241. The number of hydroxylamine groups is 2. The van der Waals surface area contributed by atoms with Gasteiger partial charge in [0.15, 0.2) is 0 Å². The van der Waals surface area contributed by atoms with Crippen LogP contribution < -0.4 is 0 Å². The molecule has 1 heterocycles. The molecule has 35 heavy (non-hydrogen) atoms. The van der Waals surface area contributed by atoms with Crippen molar-refractivity contribution in [2.45, 2.75) is 48.8 Å². The van der Waals surface area contributed by atoms with Crippen molar-refractivity contribution >= 4 is 40.7 Å². The van der Waals surface area contributed by atoms with E-state index in [1.807, 2.05) is 37.3 Å². The van der Waals surface area contributed by atoms with Crippen LogP contribution in [0.25, 0.3) is 0 Å². The highest BCUT2D eigenvalue weighted by atomic mass is 35.5. The largest absolute Gasteiger partial charge is 0.281 e. The monoisotopic (exact) mass is 502 g/mol. The maximum absolute atomic E-state index is 13.2. The first-order valence-electron chi connectivity index (χ1n) is 11.9. The number of hydrogen-bond acceptors (Lipinski definition) is 4. The maximum atomic E-state index is 13.2. The molecule has 0 unspecified atom stereocenters. The normalized spacial score (nSPS) is 14.8. The molecular weight excluding hydrogens is 476 g/mol. The molecule has 0 bridgehead atoms. The van der Waals surface area contributed by atoms with E-state index in [1.165, 1.54) is 29.9 Å². The molecule has 3 aromatic rings. The highest BCUT2D eigenvalue weighted by Gasteiger charge is 2.25. The van der Waals surface area contributed by atoms with E-state index in [2.05, 4.69) is 36.9 Å². The molecule has 1 fully saturated rings. The number of allylic oxidation sites excluding steroid dienone is 1. The summed E-state index contributed by atoms with van der Waals surface area (Å²) in [6.45, 7) is 7.83. The summed E-state index contributed by atoms with van der Waals surface area (Å²) in [6.07, 6.45) is 3.73. The van der Waals surface area contributed by atoms with Gasteiger partial charge in [0.1, 0.15) is 0 Å². The lowest BCUT2D eigenvalue weighted by molar-refractivity contribution is -0.0927. The molecule has 5 rings (SSSR count). The Kier molecular flexibility index (Phi) is 6.83. The number of hydrogen-bond donors (Lipinski definition) is 0. The second-order valence-corrected chi connectivity index (χ2v) is 10.4.